The number of phenols is 1. The number of benzene rings is 1. The second kappa shape index (κ2) is 13.6. The molecule has 0 bridgehead atoms. The SMILES string of the molecule is NC(=O)CC(N)C(=O)NC(CO)C(=O)NC(Cc1ccc(O)cc1)C(=O)NC(Cc1cnc[nH]1)C(=O)O. The minimum atomic E-state index is -1.54. The number of nitrogens with zero attached hydrogens (tertiary/aromatic N) is 1. The summed E-state index contributed by atoms with van der Waals surface area (Å²) in [5.74, 6) is -4.97. The van der Waals surface area contributed by atoms with Gasteiger partial charge in [0.2, 0.25) is 23.6 Å². The number of aromatic amines is 1. The highest BCUT2D eigenvalue weighted by atomic mass is 16.4. The van der Waals surface area contributed by atoms with E-state index >= 15 is 0 Å². The molecular formula is C22H29N7O8. The van der Waals surface area contributed by atoms with Crippen molar-refractivity contribution in [3.8, 4) is 5.75 Å². The number of H-pyrrole nitrogens is 1. The smallest absolute Gasteiger partial charge is 0.326 e. The van der Waals surface area contributed by atoms with Crippen molar-refractivity contribution in [3.05, 3.63) is 48.0 Å². The van der Waals surface area contributed by atoms with Crippen LogP contribution in [-0.4, -0.2) is 85.7 Å². The summed E-state index contributed by atoms with van der Waals surface area (Å²) in [4.78, 5) is 67.3. The number of carbonyl (C=O) groups excluding carboxylic acids is 4. The maximum absolute atomic E-state index is 13.1. The van der Waals surface area contributed by atoms with Crippen molar-refractivity contribution in [1.82, 2.24) is 25.9 Å². The lowest BCUT2D eigenvalue weighted by Gasteiger charge is -2.24. The number of aliphatic hydroxyl groups is 1. The van der Waals surface area contributed by atoms with Crippen LogP contribution in [0, 0.1) is 0 Å². The molecule has 11 N–H and O–H groups in total. The number of rotatable bonds is 14. The molecule has 4 unspecified atom stereocenters. The van der Waals surface area contributed by atoms with Crippen molar-refractivity contribution < 1.29 is 39.3 Å². The third kappa shape index (κ3) is 9.23. The largest absolute Gasteiger partial charge is 0.508 e. The first-order valence-corrected chi connectivity index (χ1v) is 11.0. The van der Waals surface area contributed by atoms with Crippen molar-refractivity contribution in [2.24, 2.45) is 11.5 Å². The van der Waals surface area contributed by atoms with Gasteiger partial charge in [-0.25, -0.2) is 9.78 Å². The fourth-order valence-corrected chi connectivity index (χ4v) is 3.22. The third-order valence-electron chi connectivity index (χ3n) is 5.18. The van der Waals surface area contributed by atoms with Crippen LogP contribution in [0.4, 0.5) is 0 Å². The lowest BCUT2D eigenvalue weighted by molar-refractivity contribution is -0.142. The molecule has 1 aromatic carbocycles. The molecule has 0 aliphatic heterocycles. The van der Waals surface area contributed by atoms with Crippen LogP contribution < -0.4 is 27.4 Å². The first-order chi connectivity index (χ1) is 17.5. The number of hydrogen-bond acceptors (Lipinski definition) is 9. The Balaban J connectivity index is 2.19. The Morgan fingerprint density at radius 2 is 1.51 bits per heavy atom. The minimum Gasteiger partial charge on any atom is -0.508 e. The molecule has 0 fully saturated rings. The van der Waals surface area contributed by atoms with E-state index in [1.165, 1.54) is 36.8 Å². The molecular weight excluding hydrogens is 490 g/mol. The molecule has 2 aromatic rings. The van der Waals surface area contributed by atoms with E-state index in [1.54, 1.807) is 0 Å². The lowest BCUT2D eigenvalue weighted by atomic mass is 10.0. The van der Waals surface area contributed by atoms with Crippen molar-refractivity contribution in [1.29, 1.82) is 0 Å². The summed E-state index contributed by atoms with van der Waals surface area (Å²) in [6.45, 7) is -0.869. The minimum absolute atomic E-state index is 0.0327. The number of aliphatic hydroxyl groups excluding tert-OH is 1. The van der Waals surface area contributed by atoms with Gasteiger partial charge in [0, 0.05) is 24.7 Å². The first-order valence-electron chi connectivity index (χ1n) is 11.0. The number of aliphatic carboxylic acids is 1. The molecule has 15 nitrogen and oxygen atoms in total. The van der Waals surface area contributed by atoms with E-state index in [-0.39, 0.29) is 18.6 Å². The van der Waals surface area contributed by atoms with Gasteiger partial charge >= 0.3 is 5.97 Å². The van der Waals surface area contributed by atoms with Gasteiger partial charge in [-0.2, -0.15) is 0 Å². The van der Waals surface area contributed by atoms with E-state index in [2.05, 4.69) is 25.9 Å². The molecule has 2 rings (SSSR count). The molecule has 0 aliphatic rings. The molecule has 200 valence electrons. The zero-order chi connectivity index (χ0) is 27.5. The predicted octanol–water partition coefficient (Wildman–Crippen LogP) is -3.37. The van der Waals surface area contributed by atoms with Crippen LogP contribution >= 0.6 is 0 Å². The quantitative estimate of drug-likeness (QED) is 0.120. The second-order valence-corrected chi connectivity index (χ2v) is 8.13. The van der Waals surface area contributed by atoms with Crippen molar-refractivity contribution in [2.75, 3.05) is 6.61 Å². The molecule has 15 heteroatoms. The molecule has 0 radical (unpaired) electrons. The molecule has 0 spiro atoms. The van der Waals surface area contributed by atoms with Gasteiger partial charge in [-0.15, -0.1) is 0 Å². The van der Waals surface area contributed by atoms with Gasteiger partial charge in [0.15, 0.2) is 0 Å². The van der Waals surface area contributed by atoms with E-state index in [0.29, 0.717) is 11.3 Å². The summed E-state index contributed by atoms with van der Waals surface area (Å²) >= 11 is 0. The first kappa shape index (κ1) is 28.7. The number of nitrogens with two attached hydrogens (primary N) is 2. The fourth-order valence-electron chi connectivity index (χ4n) is 3.22. The zero-order valence-electron chi connectivity index (χ0n) is 19.6. The maximum atomic E-state index is 13.1. The average molecular weight is 520 g/mol. The van der Waals surface area contributed by atoms with Gasteiger partial charge in [0.1, 0.15) is 23.9 Å². The number of carbonyl (C=O) groups is 5. The number of nitrogens with one attached hydrogen (secondary N) is 4. The molecule has 4 atom stereocenters. The Bertz CT molecular complexity index is 1090. The number of primary amides is 1. The summed E-state index contributed by atoms with van der Waals surface area (Å²) in [6.07, 6.45) is 2.01. The summed E-state index contributed by atoms with van der Waals surface area (Å²) in [5.41, 5.74) is 11.5. The van der Waals surface area contributed by atoms with Crippen LogP contribution in [0.3, 0.4) is 0 Å². The molecule has 1 aromatic heterocycles. The van der Waals surface area contributed by atoms with Crippen LogP contribution in [0.2, 0.25) is 0 Å². The van der Waals surface area contributed by atoms with Crippen molar-refractivity contribution >= 4 is 29.6 Å². The highest BCUT2D eigenvalue weighted by molar-refractivity contribution is 5.95. The van der Waals surface area contributed by atoms with Crippen LogP contribution in [0.15, 0.2) is 36.8 Å². The molecule has 4 amide bonds. The maximum Gasteiger partial charge on any atom is 0.326 e. The van der Waals surface area contributed by atoms with E-state index in [9.17, 15) is 39.3 Å². The molecule has 37 heavy (non-hydrogen) atoms. The van der Waals surface area contributed by atoms with Gasteiger partial charge in [-0.1, -0.05) is 12.1 Å². The van der Waals surface area contributed by atoms with Crippen molar-refractivity contribution in [3.63, 3.8) is 0 Å². The average Bonchev–Trinajstić information content (AvgIpc) is 3.35. The van der Waals surface area contributed by atoms with Crippen LogP contribution in [0.25, 0.3) is 0 Å². The zero-order valence-corrected chi connectivity index (χ0v) is 19.6. The van der Waals surface area contributed by atoms with Crippen LogP contribution in [0.5, 0.6) is 5.75 Å². The Hall–Kier alpha value is -4.50. The topological polar surface area (TPSA) is 263 Å². The monoisotopic (exact) mass is 519 g/mol. The normalized spacial score (nSPS) is 14.0. The number of amides is 4. The van der Waals surface area contributed by atoms with Crippen molar-refractivity contribution in [2.45, 2.75) is 43.4 Å². The Morgan fingerprint density at radius 1 is 0.919 bits per heavy atom. The highest BCUT2D eigenvalue weighted by Gasteiger charge is 2.30. The molecule has 1 heterocycles. The van der Waals surface area contributed by atoms with E-state index in [4.69, 9.17) is 11.5 Å². The molecule has 0 saturated heterocycles. The number of imidazole rings is 1. The summed E-state index contributed by atoms with van der Waals surface area (Å²) in [5, 5.41) is 35.6. The Morgan fingerprint density at radius 3 is 2.05 bits per heavy atom. The van der Waals surface area contributed by atoms with Gasteiger partial charge < -0.3 is 47.7 Å². The Kier molecular flexibility index (Phi) is 10.5. The summed E-state index contributed by atoms with van der Waals surface area (Å²) < 4.78 is 0. The number of phenolic OH excluding ortho intramolecular Hbond substituents is 1. The van der Waals surface area contributed by atoms with Gasteiger partial charge in [-0.3, -0.25) is 19.2 Å². The number of aromatic nitrogens is 2. The molecule has 0 saturated carbocycles. The second-order valence-electron chi connectivity index (χ2n) is 8.13. The highest BCUT2D eigenvalue weighted by Crippen LogP contribution is 2.12. The number of carboxylic acid groups (broad SMARTS) is 1. The van der Waals surface area contributed by atoms with Crippen LogP contribution in [0.1, 0.15) is 17.7 Å². The van der Waals surface area contributed by atoms with E-state index < -0.39 is 66.8 Å². The van der Waals surface area contributed by atoms with Crippen LogP contribution in [-0.2, 0) is 36.8 Å². The number of aromatic hydroxyl groups is 1. The Labute approximate surface area is 210 Å². The van der Waals surface area contributed by atoms with E-state index in [1.807, 2.05) is 0 Å². The number of carboxylic acids is 1. The van der Waals surface area contributed by atoms with Gasteiger partial charge in [0.25, 0.3) is 0 Å². The standard InChI is InChI=1S/C22H29N7O8/c23-14(7-18(24)32)19(33)29-17(9-30)21(35)27-15(5-11-1-3-13(31)4-2-11)20(34)28-16(22(36)37)6-12-8-25-10-26-12/h1-4,8,10,14-17,30-31H,5-7,9,23H2,(H2,24,32)(H,25,26)(H,27,35)(H,28,34)(H,29,33)(H,36,37). The molecule has 0 aliphatic carbocycles. The van der Waals surface area contributed by atoms with E-state index in [0.717, 1.165) is 0 Å². The van der Waals surface area contributed by atoms with Gasteiger partial charge in [0.05, 0.1) is 25.4 Å². The summed E-state index contributed by atoms with van der Waals surface area (Å²) in [6, 6.07) is 0.0988. The predicted molar refractivity (Wildman–Crippen MR) is 126 cm³/mol. The van der Waals surface area contributed by atoms with Gasteiger partial charge in [-0.05, 0) is 17.7 Å². The lowest BCUT2D eigenvalue weighted by Crippen LogP contribution is -2.58. The third-order valence-corrected chi connectivity index (χ3v) is 5.18. The fraction of sp³-hybridized carbons (Fsp3) is 0.364. The number of hydrogen-bond donors (Lipinski definition) is 9. The summed E-state index contributed by atoms with van der Waals surface area (Å²) in [7, 11) is 0.